The summed E-state index contributed by atoms with van der Waals surface area (Å²) in [5, 5.41) is 9.50. The van der Waals surface area contributed by atoms with Crippen molar-refractivity contribution >= 4 is 11.9 Å². The average Bonchev–Trinajstić information content (AvgIpc) is 2.99. The van der Waals surface area contributed by atoms with Crippen molar-refractivity contribution in [3.63, 3.8) is 0 Å². The molecule has 0 aromatic rings. The normalized spacial score (nSPS) is 12.9. The van der Waals surface area contributed by atoms with E-state index in [0.29, 0.717) is 12.8 Å². The Morgan fingerprint density at radius 3 is 1.62 bits per heavy atom. The number of carbonyl (C=O) groups excluding carboxylic acids is 2. The highest BCUT2D eigenvalue weighted by atomic mass is 16.6. The highest BCUT2D eigenvalue weighted by Crippen LogP contribution is 2.10. The number of esters is 2. The molecule has 0 rings (SSSR count). The van der Waals surface area contributed by atoms with Gasteiger partial charge in [0.15, 0.2) is 6.10 Å². The van der Waals surface area contributed by atoms with Crippen LogP contribution in [0.4, 0.5) is 0 Å². The number of aliphatic hydroxyl groups is 1. The maximum absolute atomic E-state index is 12.1. The van der Waals surface area contributed by atoms with Gasteiger partial charge in [0.1, 0.15) is 6.61 Å². The molecule has 240 valence electrons. The Hall–Kier alpha value is -2.40. The largest absolute Gasteiger partial charge is 0.462 e. The smallest absolute Gasteiger partial charge is 0.306 e. The van der Waals surface area contributed by atoms with Crippen molar-refractivity contribution in [2.75, 3.05) is 13.2 Å². The lowest BCUT2D eigenvalue weighted by molar-refractivity contribution is -0.161. The van der Waals surface area contributed by atoms with Crippen LogP contribution in [0.25, 0.3) is 0 Å². The number of rotatable bonds is 29. The van der Waals surface area contributed by atoms with Gasteiger partial charge in [0.25, 0.3) is 0 Å². The average molecular weight is 587 g/mol. The van der Waals surface area contributed by atoms with Gasteiger partial charge < -0.3 is 14.6 Å². The van der Waals surface area contributed by atoms with Crippen molar-refractivity contribution in [3.8, 4) is 0 Å². The number of ether oxygens (including phenoxy) is 2. The summed E-state index contributed by atoms with van der Waals surface area (Å²) in [6, 6.07) is 0. The first-order valence-corrected chi connectivity index (χ1v) is 16.8. The quantitative estimate of drug-likeness (QED) is 0.0536. The van der Waals surface area contributed by atoms with Crippen molar-refractivity contribution in [2.24, 2.45) is 0 Å². The van der Waals surface area contributed by atoms with Gasteiger partial charge in [-0.15, -0.1) is 0 Å². The molecule has 1 N–H and O–H groups in total. The van der Waals surface area contributed by atoms with Crippen LogP contribution in [0, 0.1) is 0 Å². The Labute approximate surface area is 258 Å². The minimum absolute atomic E-state index is 0.0895. The van der Waals surface area contributed by atoms with Gasteiger partial charge in [-0.25, -0.2) is 0 Å². The van der Waals surface area contributed by atoms with Gasteiger partial charge in [-0.2, -0.15) is 0 Å². The van der Waals surface area contributed by atoms with Crippen molar-refractivity contribution < 1.29 is 24.2 Å². The second kappa shape index (κ2) is 33.1. The SMILES string of the molecule is CC/C=C\C/C=C\C/C=C\C/C=C\CCCCC(=O)O[C@@H](CO)COC(=O)CCCCCCC/C=C\CCCCCC. The van der Waals surface area contributed by atoms with Crippen molar-refractivity contribution in [1.82, 2.24) is 0 Å². The summed E-state index contributed by atoms with van der Waals surface area (Å²) in [5.74, 6) is -0.657. The summed E-state index contributed by atoms with van der Waals surface area (Å²) in [5.41, 5.74) is 0. The summed E-state index contributed by atoms with van der Waals surface area (Å²) < 4.78 is 10.5. The molecule has 0 heterocycles. The molecule has 0 aliphatic rings. The molecule has 5 nitrogen and oxygen atoms in total. The van der Waals surface area contributed by atoms with Crippen LogP contribution in [-0.2, 0) is 19.1 Å². The summed E-state index contributed by atoms with van der Waals surface area (Å²) in [4.78, 5) is 24.1. The van der Waals surface area contributed by atoms with Crippen molar-refractivity contribution in [1.29, 1.82) is 0 Å². The lowest BCUT2D eigenvalue weighted by Crippen LogP contribution is -2.28. The van der Waals surface area contributed by atoms with Crippen LogP contribution < -0.4 is 0 Å². The number of unbranched alkanes of at least 4 members (excludes halogenated alkanes) is 11. The molecule has 0 aliphatic carbocycles. The maximum Gasteiger partial charge on any atom is 0.306 e. The second-order valence-electron chi connectivity index (χ2n) is 10.9. The third-order valence-corrected chi connectivity index (χ3v) is 6.80. The summed E-state index contributed by atoms with van der Waals surface area (Å²) in [6.45, 7) is 3.94. The molecule has 0 radical (unpaired) electrons. The second-order valence-corrected chi connectivity index (χ2v) is 10.9. The monoisotopic (exact) mass is 586 g/mol. The Morgan fingerprint density at radius 1 is 0.571 bits per heavy atom. The van der Waals surface area contributed by atoms with Gasteiger partial charge in [-0.3, -0.25) is 9.59 Å². The maximum atomic E-state index is 12.1. The Morgan fingerprint density at radius 2 is 1.02 bits per heavy atom. The summed E-state index contributed by atoms with van der Waals surface area (Å²) in [6.07, 6.45) is 41.3. The van der Waals surface area contributed by atoms with E-state index < -0.39 is 6.10 Å². The summed E-state index contributed by atoms with van der Waals surface area (Å²) >= 11 is 0. The molecule has 0 bridgehead atoms. The molecular formula is C37H62O5. The third-order valence-electron chi connectivity index (χ3n) is 6.80. The van der Waals surface area contributed by atoms with Gasteiger partial charge >= 0.3 is 11.9 Å². The highest BCUT2D eigenvalue weighted by molar-refractivity contribution is 5.70. The van der Waals surface area contributed by atoms with Gasteiger partial charge in [-0.05, 0) is 77.0 Å². The van der Waals surface area contributed by atoms with Gasteiger partial charge in [-0.1, -0.05) is 113 Å². The van der Waals surface area contributed by atoms with Gasteiger partial charge in [0.05, 0.1) is 6.61 Å². The van der Waals surface area contributed by atoms with Crippen LogP contribution in [0.5, 0.6) is 0 Å². The predicted molar refractivity (Wildman–Crippen MR) is 177 cm³/mol. The van der Waals surface area contributed by atoms with E-state index in [0.717, 1.165) is 70.6 Å². The summed E-state index contributed by atoms with van der Waals surface area (Å²) in [7, 11) is 0. The number of allylic oxidation sites excluding steroid dienone is 10. The van der Waals surface area contributed by atoms with Gasteiger partial charge in [0, 0.05) is 12.8 Å². The van der Waals surface area contributed by atoms with E-state index >= 15 is 0 Å². The lowest BCUT2D eigenvalue weighted by atomic mass is 10.1. The van der Waals surface area contributed by atoms with Crippen LogP contribution in [0.1, 0.15) is 142 Å². The lowest BCUT2D eigenvalue weighted by Gasteiger charge is -2.15. The standard InChI is InChI=1S/C37H62O5/c1-3-5-7-9-11-13-15-17-18-20-22-24-26-28-30-32-37(40)42-35(33-38)34-41-36(39)31-29-27-25-23-21-19-16-14-12-10-8-6-4-2/h5,7,11,13-14,16-18,22,24,35,38H,3-4,6,8-10,12,15,19-21,23,25-34H2,1-2H3/b7-5-,13-11-,16-14-,18-17-,24-22-/t35-/m0/s1. The molecule has 1 atom stereocenters. The number of aliphatic hydroxyl groups excluding tert-OH is 1. The predicted octanol–water partition coefficient (Wildman–Crippen LogP) is 10.1. The highest BCUT2D eigenvalue weighted by Gasteiger charge is 2.15. The number of hydrogen-bond acceptors (Lipinski definition) is 5. The van der Waals surface area contributed by atoms with Crippen LogP contribution in [0.2, 0.25) is 0 Å². The molecule has 0 amide bonds. The van der Waals surface area contributed by atoms with E-state index in [4.69, 9.17) is 9.47 Å². The van der Waals surface area contributed by atoms with E-state index in [1.165, 1.54) is 44.9 Å². The molecule has 0 saturated heterocycles. The molecular weight excluding hydrogens is 524 g/mol. The minimum atomic E-state index is -0.796. The molecule has 0 aromatic heterocycles. The fraction of sp³-hybridized carbons (Fsp3) is 0.676. The first-order valence-electron chi connectivity index (χ1n) is 16.8. The number of carbonyl (C=O) groups is 2. The molecule has 0 aromatic carbocycles. The van der Waals surface area contributed by atoms with E-state index in [2.05, 4.69) is 74.6 Å². The Bertz CT molecular complexity index is 762. The van der Waals surface area contributed by atoms with E-state index in [9.17, 15) is 14.7 Å². The fourth-order valence-electron chi connectivity index (χ4n) is 4.24. The van der Waals surface area contributed by atoms with Crippen LogP contribution in [-0.4, -0.2) is 36.4 Å². The topological polar surface area (TPSA) is 72.8 Å². The zero-order chi connectivity index (χ0) is 30.8. The van der Waals surface area contributed by atoms with Crippen LogP contribution >= 0.6 is 0 Å². The zero-order valence-electron chi connectivity index (χ0n) is 27.0. The number of hydrogen-bond donors (Lipinski definition) is 1. The third kappa shape index (κ3) is 30.6. The minimum Gasteiger partial charge on any atom is -0.462 e. The Kier molecular flexibility index (Phi) is 31.2. The molecule has 0 saturated carbocycles. The van der Waals surface area contributed by atoms with Crippen LogP contribution in [0.3, 0.4) is 0 Å². The first kappa shape index (κ1) is 39.6. The molecule has 5 heteroatoms. The Balaban J connectivity index is 3.70. The first-order chi connectivity index (χ1) is 20.6. The van der Waals surface area contributed by atoms with Gasteiger partial charge in [0.2, 0.25) is 0 Å². The van der Waals surface area contributed by atoms with E-state index in [1.54, 1.807) is 0 Å². The molecule has 42 heavy (non-hydrogen) atoms. The van der Waals surface area contributed by atoms with Crippen molar-refractivity contribution in [3.05, 3.63) is 60.8 Å². The van der Waals surface area contributed by atoms with Crippen LogP contribution in [0.15, 0.2) is 60.8 Å². The van der Waals surface area contributed by atoms with E-state index in [1.807, 2.05) is 0 Å². The van der Waals surface area contributed by atoms with E-state index in [-0.39, 0.29) is 25.2 Å². The molecule has 0 spiro atoms. The van der Waals surface area contributed by atoms with Crippen molar-refractivity contribution in [2.45, 2.75) is 148 Å². The fourth-order valence-corrected chi connectivity index (χ4v) is 4.24. The zero-order valence-corrected chi connectivity index (χ0v) is 27.0. The molecule has 0 aliphatic heterocycles. The molecule has 0 fully saturated rings. The molecule has 0 unspecified atom stereocenters.